The average molecular weight is 295 g/mol. The second kappa shape index (κ2) is 5.79. The third kappa shape index (κ3) is 3.04. The maximum atomic E-state index is 2.31. The van der Waals surface area contributed by atoms with Crippen molar-refractivity contribution in [2.75, 3.05) is 11.9 Å². The van der Waals surface area contributed by atoms with E-state index in [4.69, 9.17) is 0 Å². The van der Waals surface area contributed by atoms with Gasteiger partial charge in [-0.3, -0.25) is 0 Å². The second-order valence-corrected chi connectivity index (χ2v) is 7.46. The van der Waals surface area contributed by atoms with E-state index in [2.05, 4.69) is 90.7 Å². The van der Waals surface area contributed by atoms with E-state index in [1.54, 1.807) is 0 Å². The quantitative estimate of drug-likeness (QED) is 0.658. The summed E-state index contributed by atoms with van der Waals surface area (Å²) in [6.07, 6.45) is 0. The zero-order chi connectivity index (χ0) is 16.7. The highest BCUT2D eigenvalue weighted by Crippen LogP contribution is 2.34. The molecule has 0 bridgehead atoms. The topological polar surface area (TPSA) is 3.24 Å². The second-order valence-electron chi connectivity index (χ2n) is 7.46. The number of hydrogen-bond acceptors (Lipinski definition) is 1. The molecule has 1 nitrogen and oxygen atoms in total. The fourth-order valence-electron chi connectivity index (χ4n) is 3.10. The minimum absolute atomic E-state index is 0.198. The van der Waals surface area contributed by atoms with Crippen LogP contribution >= 0.6 is 0 Å². The van der Waals surface area contributed by atoms with Gasteiger partial charge in [0, 0.05) is 18.4 Å². The Morgan fingerprint density at radius 2 is 1.32 bits per heavy atom. The molecule has 0 saturated carbocycles. The zero-order valence-electron chi connectivity index (χ0n) is 15.3. The molecule has 0 amide bonds. The number of anilines is 2. The largest absolute Gasteiger partial charge is 0.344 e. The Kier molecular flexibility index (Phi) is 4.37. The number of benzene rings is 2. The Balaban J connectivity index is 2.45. The van der Waals surface area contributed by atoms with E-state index in [9.17, 15) is 0 Å². The number of hydrogen-bond donors (Lipinski definition) is 0. The maximum Gasteiger partial charge on any atom is 0.0470 e. The van der Waals surface area contributed by atoms with Crippen LogP contribution in [0.2, 0.25) is 0 Å². The molecule has 0 spiro atoms. The van der Waals surface area contributed by atoms with Crippen molar-refractivity contribution in [1.82, 2.24) is 0 Å². The van der Waals surface area contributed by atoms with Crippen molar-refractivity contribution in [3.63, 3.8) is 0 Å². The minimum Gasteiger partial charge on any atom is -0.344 e. The molecule has 0 aliphatic rings. The van der Waals surface area contributed by atoms with Crippen LogP contribution in [-0.4, -0.2) is 7.05 Å². The summed E-state index contributed by atoms with van der Waals surface area (Å²) in [4.78, 5) is 2.31. The average Bonchev–Trinajstić information content (AvgIpc) is 2.44. The van der Waals surface area contributed by atoms with Crippen molar-refractivity contribution in [2.24, 2.45) is 0 Å². The molecule has 2 rings (SSSR count). The molecule has 0 unspecified atom stereocenters. The number of rotatable bonds is 2. The van der Waals surface area contributed by atoms with Crippen molar-refractivity contribution in [2.45, 2.75) is 53.9 Å². The van der Waals surface area contributed by atoms with Gasteiger partial charge in [0.05, 0.1) is 0 Å². The van der Waals surface area contributed by atoms with Crippen molar-refractivity contribution in [3.05, 3.63) is 58.1 Å². The molecule has 0 heterocycles. The molecule has 0 saturated heterocycles. The summed E-state index contributed by atoms with van der Waals surface area (Å²) in [7, 11) is 2.16. The van der Waals surface area contributed by atoms with E-state index in [1.807, 2.05) is 0 Å². The predicted molar refractivity (Wildman–Crippen MR) is 98.6 cm³/mol. The minimum atomic E-state index is 0.198. The van der Waals surface area contributed by atoms with Gasteiger partial charge in [-0.2, -0.15) is 0 Å². The monoisotopic (exact) mass is 295 g/mol. The van der Waals surface area contributed by atoms with Gasteiger partial charge in [0.25, 0.3) is 0 Å². The van der Waals surface area contributed by atoms with Crippen LogP contribution in [0.25, 0.3) is 0 Å². The summed E-state index contributed by atoms with van der Waals surface area (Å²) in [6.45, 7) is 15.6. The smallest absolute Gasteiger partial charge is 0.0470 e. The van der Waals surface area contributed by atoms with Gasteiger partial charge in [0.15, 0.2) is 0 Å². The standard InChI is InChI=1S/C21H29N/c1-14-13-15(2)20(17(4)16(14)3)22(8)19-11-9-18(10-12-19)21(5,6)7/h9-13H,1-8H3. The number of aryl methyl sites for hydroxylation is 2. The molecule has 2 aromatic carbocycles. The first-order valence-corrected chi connectivity index (χ1v) is 8.04. The molecule has 0 N–H and O–H groups in total. The van der Waals surface area contributed by atoms with Crippen LogP contribution in [0.4, 0.5) is 11.4 Å². The van der Waals surface area contributed by atoms with Gasteiger partial charge >= 0.3 is 0 Å². The fourth-order valence-corrected chi connectivity index (χ4v) is 3.10. The van der Waals surface area contributed by atoms with Gasteiger partial charge in [0.2, 0.25) is 0 Å². The maximum absolute atomic E-state index is 2.31. The summed E-state index contributed by atoms with van der Waals surface area (Å²) < 4.78 is 0. The predicted octanol–water partition coefficient (Wildman–Crippen LogP) is 5.99. The van der Waals surface area contributed by atoms with Crippen LogP contribution in [-0.2, 0) is 5.41 Å². The van der Waals surface area contributed by atoms with Crippen LogP contribution in [0, 0.1) is 27.7 Å². The summed E-state index contributed by atoms with van der Waals surface area (Å²) in [6, 6.07) is 11.2. The lowest BCUT2D eigenvalue weighted by molar-refractivity contribution is 0.590. The van der Waals surface area contributed by atoms with Gasteiger partial charge < -0.3 is 4.90 Å². The van der Waals surface area contributed by atoms with Crippen molar-refractivity contribution in [1.29, 1.82) is 0 Å². The molecule has 2 aromatic rings. The molecule has 0 aromatic heterocycles. The Hall–Kier alpha value is -1.76. The Labute approximate surface area is 136 Å². The SMILES string of the molecule is Cc1cc(C)c(N(C)c2ccc(C(C)(C)C)cc2)c(C)c1C. The molecule has 0 aliphatic heterocycles. The van der Waals surface area contributed by atoms with E-state index in [0.717, 1.165) is 0 Å². The Bertz CT molecular complexity index is 673. The van der Waals surface area contributed by atoms with Crippen LogP contribution in [0.5, 0.6) is 0 Å². The summed E-state index contributed by atoms with van der Waals surface area (Å²) >= 11 is 0. The third-order valence-electron chi connectivity index (χ3n) is 4.77. The lowest BCUT2D eigenvalue weighted by Crippen LogP contribution is -2.15. The van der Waals surface area contributed by atoms with Crippen molar-refractivity contribution >= 4 is 11.4 Å². The van der Waals surface area contributed by atoms with Gasteiger partial charge in [-0.25, -0.2) is 0 Å². The molecule has 1 heteroatoms. The highest BCUT2D eigenvalue weighted by Gasteiger charge is 2.16. The fraction of sp³-hybridized carbons (Fsp3) is 0.429. The molecule has 0 fully saturated rings. The first-order chi connectivity index (χ1) is 10.1. The highest BCUT2D eigenvalue weighted by molar-refractivity contribution is 5.71. The highest BCUT2D eigenvalue weighted by atomic mass is 15.1. The Morgan fingerprint density at radius 1 is 0.773 bits per heavy atom. The van der Waals surface area contributed by atoms with Gasteiger partial charge in [-0.15, -0.1) is 0 Å². The molecule has 0 radical (unpaired) electrons. The summed E-state index contributed by atoms with van der Waals surface area (Å²) in [5.74, 6) is 0. The third-order valence-corrected chi connectivity index (χ3v) is 4.77. The van der Waals surface area contributed by atoms with E-state index >= 15 is 0 Å². The molecule has 0 atom stereocenters. The van der Waals surface area contributed by atoms with E-state index in [-0.39, 0.29) is 5.41 Å². The molecule has 118 valence electrons. The molecule has 22 heavy (non-hydrogen) atoms. The van der Waals surface area contributed by atoms with E-state index < -0.39 is 0 Å². The molecular weight excluding hydrogens is 266 g/mol. The van der Waals surface area contributed by atoms with Crippen LogP contribution in [0.3, 0.4) is 0 Å². The molecular formula is C21H29N. The van der Waals surface area contributed by atoms with Crippen LogP contribution < -0.4 is 4.90 Å². The number of nitrogens with zero attached hydrogens (tertiary/aromatic N) is 1. The van der Waals surface area contributed by atoms with E-state index in [0.29, 0.717) is 0 Å². The first kappa shape index (κ1) is 16.6. The van der Waals surface area contributed by atoms with Gasteiger partial charge in [-0.1, -0.05) is 39.0 Å². The first-order valence-electron chi connectivity index (χ1n) is 8.04. The summed E-state index contributed by atoms with van der Waals surface area (Å²) in [5, 5.41) is 0. The van der Waals surface area contributed by atoms with Crippen molar-refractivity contribution in [3.8, 4) is 0 Å². The summed E-state index contributed by atoms with van der Waals surface area (Å²) in [5.41, 5.74) is 9.60. The molecule has 0 aliphatic carbocycles. The lowest BCUT2D eigenvalue weighted by Gasteiger charge is -2.27. The normalized spacial score (nSPS) is 11.6. The van der Waals surface area contributed by atoms with E-state index in [1.165, 1.54) is 39.2 Å². The lowest BCUT2D eigenvalue weighted by atomic mass is 9.87. The zero-order valence-corrected chi connectivity index (χ0v) is 15.3. The Morgan fingerprint density at radius 3 is 1.82 bits per heavy atom. The van der Waals surface area contributed by atoms with Crippen molar-refractivity contribution < 1.29 is 0 Å². The van der Waals surface area contributed by atoms with Gasteiger partial charge in [-0.05, 0) is 73.1 Å². The van der Waals surface area contributed by atoms with Gasteiger partial charge in [0.1, 0.15) is 0 Å². The van der Waals surface area contributed by atoms with Crippen LogP contribution in [0.15, 0.2) is 30.3 Å². The van der Waals surface area contributed by atoms with Crippen LogP contribution in [0.1, 0.15) is 48.6 Å².